The molecule has 0 atom stereocenters. The normalized spacial score (nSPS) is 10.1. The fraction of sp³-hybridized carbons (Fsp3) is 0.133. The van der Waals surface area contributed by atoms with Crippen LogP contribution in [0.4, 0.5) is 10.1 Å². The van der Waals surface area contributed by atoms with E-state index in [1.807, 2.05) is 0 Å². The highest BCUT2D eigenvalue weighted by Crippen LogP contribution is 2.09. The highest BCUT2D eigenvalue weighted by Gasteiger charge is 2.06. The SMILES string of the molecule is O=C(O)Cc1ccc(NC(=O)Cc2cccc(F)c2)cn1. The molecule has 2 rings (SSSR count). The molecule has 1 aromatic carbocycles. The largest absolute Gasteiger partial charge is 0.481 e. The Hall–Kier alpha value is -2.76. The van der Waals surface area contributed by atoms with E-state index < -0.39 is 5.97 Å². The molecular weight excluding hydrogens is 275 g/mol. The molecule has 2 N–H and O–H groups in total. The highest BCUT2D eigenvalue weighted by molar-refractivity contribution is 5.92. The summed E-state index contributed by atoms with van der Waals surface area (Å²) in [6.07, 6.45) is 1.27. The Balaban J connectivity index is 1.95. The van der Waals surface area contributed by atoms with Crippen LogP contribution in [-0.2, 0) is 22.4 Å². The van der Waals surface area contributed by atoms with Gasteiger partial charge in [-0.3, -0.25) is 14.6 Å². The second-order valence-corrected chi connectivity index (χ2v) is 4.46. The quantitative estimate of drug-likeness (QED) is 0.882. The summed E-state index contributed by atoms with van der Waals surface area (Å²) in [5.74, 6) is -1.65. The second kappa shape index (κ2) is 6.60. The predicted molar refractivity (Wildman–Crippen MR) is 74.3 cm³/mol. The van der Waals surface area contributed by atoms with Gasteiger partial charge in [0.05, 0.1) is 30.4 Å². The number of carboxylic acids is 1. The van der Waals surface area contributed by atoms with Gasteiger partial charge in [-0.1, -0.05) is 12.1 Å². The number of aliphatic carboxylic acids is 1. The van der Waals surface area contributed by atoms with E-state index >= 15 is 0 Å². The molecule has 1 heterocycles. The van der Waals surface area contributed by atoms with Gasteiger partial charge in [0.2, 0.25) is 5.91 Å². The summed E-state index contributed by atoms with van der Waals surface area (Å²) >= 11 is 0. The molecule has 5 nitrogen and oxygen atoms in total. The van der Waals surface area contributed by atoms with Crippen molar-refractivity contribution in [3.05, 3.63) is 59.7 Å². The molecule has 6 heteroatoms. The summed E-state index contributed by atoms with van der Waals surface area (Å²) in [6, 6.07) is 8.93. The Bertz CT molecular complexity index is 656. The molecule has 0 aliphatic rings. The van der Waals surface area contributed by atoms with Gasteiger partial charge in [0.25, 0.3) is 0 Å². The van der Waals surface area contributed by atoms with Crippen LogP contribution in [0.5, 0.6) is 0 Å². The zero-order valence-electron chi connectivity index (χ0n) is 11.0. The molecule has 0 bridgehead atoms. The lowest BCUT2D eigenvalue weighted by Crippen LogP contribution is -2.14. The van der Waals surface area contributed by atoms with Gasteiger partial charge in [-0.2, -0.15) is 0 Å². The number of anilines is 1. The maximum Gasteiger partial charge on any atom is 0.309 e. The first-order valence-electron chi connectivity index (χ1n) is 6.24. The van der Waals surface area contributed by atoms with Crippen molar-refractivity contribution in [1.29, 1.82) is 0 Å². The molecule has 0 radical (unpaired) electrons. The molecule has 108 valence electrons. The van der Waals surface area contributed by atoms with Crippen LogP contribution < -0.4 is 5.32 Å². The lowest BCUT2D eigenvalue weighted by molar-refractivity contribution is -0.136. The molecule has 0 fully saturated rings. The number of carbonyl (C=O) groups excluding carboxylic acids is 1. The summed E-state index contributed by atoms with van der Waals surface area (Å²) < 4.78 is 13.0. The van der Waals surface area contributed by atoms with Crippen molar-refractivity contribution in [2.45, 2.75) is 12.8 Å². The van der Waals surface area contributed by atoms with E-state index in [-0.39, 0.29) is 24.6 Å². The van der Waals surface area contributed by atoms with E-state index in [0.717, 1.165) is 0 Å². The van der Waals surface area contributed by atoms with Crippen molar-refractivity contribution in [2.75, 3.05) is 5.32 Å². The summed E-state index contributed by atoms with van der Waals surface area (Å²) in [5, 5.41) is 11.2. The predicted octanol–water partition coefficient (Wildman–Crippen LogP) is 2.03. The van der Waals surface area contributed by atoms with E-state index in [1.54, 1.807) is 18.2 Å². The topological polar surface area (TPSA) is 79.3 Å². The van der Waals surface area contributed by atoms with Crippen LogP contribution in [0, 0.1) is 5.82 Å². The van der Waals surface area contributed by atoms with Gasteiger partial charge in [0.15, 0.2) is 0 Å². The van der Waals surface area contributed by atoms with E-state index in [0.29, 0.717) is 16.9 Å². The first-order valence-corrected chi connectivity index (χ1v) is 6.24. The van der Waals surface area contributed by atoms with Gasteiger partial charge in [-0.15, -0.1) is 0 Å². The van der Waals surface area contributed by atoms with Crippen molar-refractivity contribution in [3.8, 4) is 0 Å². The maximum absolute atomic E-state index is 13.0. The smallest absolute Gasteiger partial charge is 0.309 e. The molecule has 0 spiro atoms. The maximum atomic E-state index is 13.0. The number of nitrogens with zero attached hydrogens (tertiary/aromatic N) is 1. The number of amides is 1. The second-order valence-electron chi connectivity index (χ2n) is 4.46. The lowest BCUT2D eigenvalue weighted by atomic mass is 10.1. The zero-order chi connectivity index (χ0) is 15.2. The number of halogens is 1. The molecule has 1 amide bonds. The molecule has 0 saturated carbocycles. The van der Waals surface area contributed by atoms with Gasteiger partial charge in [0.1, 0.15) is 5.82 Å². The number of carboxylic acid groups (broad SMARTS) is 1. The minimum atomic E-state index is -0.967. The zero-order valence-corrected chi connectivity index (χ0v) is 11.0. The van der Waals surface area contributed by atoms with Crippen LogP contribution in [0.3, 0.4) is 0 Å². The standard InChI is InChI=1S/C15H13FN2O3/c16-11-3-1-2-10(6-11)7-14(19)18-13-5-4-12(17-9-13)8-15(20)21/h1-6,9H,7-8H2,(H,18,19)(H,20,21). The van der Waals surface area contributed by atoms with E-state index in [9.17, 15) is 14.0 Å². The van der Waals surface area contributed by atoms with Crippen molar-refractivity contribution in [3.63, 3.8) is 0 Å². The fourth-order valence-corrected chi connectivity index (χ4v) is 1.80. The monoisotopic (exact) mass is 288 g/mol. The molecular formula is C15H13FN2O3. The Morgan fingerprint density at radius 1 is 1.19 bits per heavy atom. The van der Waals surface area contributed by atoms with Crippen LogP contribution in [0.25, 0.3) is 0 Å². The van der Waals surface area contributed by atoms with Crippen LogP contribution in [-0.4, -0.2) is 22.0 Å². The third-order valence-electron chi connectivity index (χ3n) is 2.69. The first-order chi connectivity index (χ1) is 10.0. The Labute approximate surface area is 120 Å². The van der Waals surface area contributed by atoms with Crippen molar-refractivity contribution in [2.24, 2.45) is 0 Å². The molecule has 0 saturated heterocycles. The Kier molecular flexibility index (Phi) is 4.61. The van der Waals surface area contributed by atoms with Crippen LogP contribution in [0.2, 0.25) is 0 Å². The minimum absolute atomic E-state index is 0.0502. The van der Waals surface area contributed by atoms with Gasteiger partial charge < -0.3 is 10.4 Å². The van der Waals surface area contributed by atoms with Gasteiger partial charge >= 0.3 is 5.97 Å². The summed E-state index contributed by atoms with van der Waals surface area (Å²) in [4.78, 5) is 26.3. The number of aromatic nitrogens is 1. The number of hydrogen-bond acceptors (Lipinski definition) is 3. The number of hydrogen-bond donors (Lipinski definition) is 2. The average molecular weight is 288 g/mol. The third kappa shape index (κ3) is 4.68. The van der Waals surface area contributed by atoms with Gasteiger partial charge in [-0.25, -0.2) is 4.39 Å². The molecule has 2 aromatic rings. The van der Waals surface area contributed by atoms with E-state index in [2.05, 4.69) is 10.3 Å². The summed E-state index contributed by atoms with van der Waals surface area (Å²) in [7, 11) is 0. The lowest BCUT2D eigenvalue weighted by Gasteiger charge is -2.06. The number of carbonyl (C=O) groups is 2. The summed E-state index contributed by atoms with van der Waals surface area (Å²) in [6.45, 7) is 0. The van der Waals surface area contributed by atoms with Gasteiger partial charge in [-0.05, 0) is 29.8 Å². The molecule has 0 aliphatic heterocycles. The van der Waals surface area contributed by atoms with Crippen LogP contribution in [0.15, 0.2) is 42.6 Å². The first kappa shape index (κ1) is 14.6. The number of nitrogens with one attached hydrogen (secondary N) is 1. The molecule has 21 heavy (non-hydrogen) atoms. The van der Waals surface area contributed by atoms with Crippen LogP contribution >= 0.6 is 0 Å². The fourth-order valence-electron chi connectivity index (χ4n) is 1.80. The van der Waals surface area contributed by atoms with E-state index in [1.165, 1.54) is 24.4 Å². The minimum Gasteiger partial charge on any atom is -0.481 e. The highest BCUT2D eigenvalue weighted by atomic mass is 19.1. The van der Waals surface area contributed by atoms with Crippen molar-refractivity contribution in [1.82, 2.24) is 4.98 Å². The molecule has 0 unspecified atom stereocenters. The average Bonchev–Trinajstić information content (AvgIpc) is 2.40. The number of benzene rings is 1. The summed E-state index contributed by atoms with van der Waals surface area (Å²) in [5.41, 5.74) is 1.44. The third-order valence-corrected chi connectivity index (χ3v) is 2.69. The molecule has 1 aromatic heterocycles. The Morgan fingerprint density at radius 2 is 2.00 bits per heavy atom. The molecule has 0 aliphatic carbocycles. The number of rotatable bonds is 5. The van der Waals surface area contributed by atoms with E-state index in [4.69, 9.17) is 5.11 Å². The van der Waals surface area contributed by atoms with Gasteiger partial charge in [0, 0.05) is 0 Å². The Morgan fingerprint density at radius 3 is 2.62 bits per heavy atom. The van der Waals surface area contributed by atoms with Crippen molar-refractivity contribution >= 4 is 17.6 Å². The number of pyridine rings is 1. The van der Waals surface area contributed by atoms with Crippen molar-refractivity contribution < 1.29 is 19.1 Å². The van der Waals surface area contributed by atoms with Crippen LogP contribution in [0.1, 0.15) is 11.3 Å².